The van der Waals surface area contributed by atoms with Crippen LogP contribution in [0.3, 0.4) is 0 Å². The highest BCUT2D eigenvalue weighted by atomic mass is 28.1. The van der Waals surface area contributed by atoms with Crippen molar-refractivity contribution in [1.29, 1.82) is 0 Å². The van der Waals surface area contributed by atoms with Gasteiger partial charge < -0.3 is 4.74 Å². The fraction of sp³-hybridized carbons (Fsp3) is 0.857. The predicted octanol–water partition coefficient (Wildman–Crippen LogP) is 0.503. The molecule has 0 saturated carbocycles. The Labute approximate surface area is 65.4 Å². The van der Waals surface area contributed by atoms with E-state index in [-0.39, 0.29) is 5.97 Å². The highest BCUT2D eigenvalue weighted by Crippen LogP contribution is 1.93. The monoisotopic (exact) mass is 160 g/mol. The number of esters is 1. The molecule has 0 saturated heterocycles. The van der Waals surface area contributed by atoms with Gasteiger partial charge in [0.2, 0.25) is 0 Å². The first-order valence-electron chi connectivity index (χ1n) is 3.96. The Balaban J connectivity index is 3.05. The average Bonchev–Trinajstić information content (AvgIpc) is 1.89. The van der Waals surface area contributed by atoms with Crippen molar-refractivity contribution in [2.75, 3.05) is 6.61 Å². The van der Waals surface area contributed by atoms with E-state index in [9.17, 15) is 4.79 Å². The second kappa shape index (κ2) is 6.80. The molecule has 0 fully saturated rings. The van der Waals surface area contributed by atoms with Crippen molar-refractivity contribution in [2.24, 2.45) is 0 Å². The van der Waals surface area contributed by atoms with Crippen LogP contribution in [-0.2, 0) is 9.53 Å². The minimum Gasteiger partial charge on any atom is -0.466 e. The standard InChI is InChI=1S/C7H16O2Si/c1-2-3-5-9-7(8)4-6-10/h2-6H2,1,10H3. The van der Waals surface area contributed by atoms with Gasteiger partial charge in [-0.3, -0.25) is 4.79 Å². The fourth-order valence-corrected chi connectivity index (χ4v) is 1.01. The van der Waals surface area contributed by atoms with E-state index in [0.29, 0.717) is 13.0 Å². The first kappa shape index (κ1) is 9.69. The molecule has 0 spiro atoms. The minimum absolute atomic E-state index is 0.0246. The number of hydrogen-bond acceptors (Lipinski definition) is 2. The average molecular weight is 160 g/mol. The molecular formula is C7H16O2Si. The molecule has 0 N–H and O–H groups in total. The second-order valence-electron chi connectivity index (χ2n) is 2.32. The summed E-state index contributed by atoms with van der Waals surface area (Å²) in [7, 11) is 1.10. The molecule has 0 rings (SSSR count). The molecule has 0 aromatic heterocycles. The zero-order valence-electron chi connectivity index (χ0n) is 6.85. The van der Waals surface area contributed by atoms with Gasteiger partial charge in [0.05, 0.1) is 6.61 Å². The third-order valence-electron chi connectivity index (χ3n) is 1.22. The Morgan fingerprint density at radius 2 is 2.30 bits per heavy atom. The third kappa shape index (κ3) is 5.82. The van der Waals surface area contributed by atoms with Crippen LogP contribution in [0.25, 0.3) is 0 Å². The Kier molecular flexibility index (Phi) is 6.59. The molecule has 0 unspecified atom stereocenters. The summed E-state index contributed by atoms with van der Waals surface area (Å²) < 4.78 is 4.91. The molecular weight excluding hydrogens is 144 g/mol. The van der Waals surface area contributed by atoms with Crippen LogP contribution in [-0.4, -0.2) is 22.8 Å². The van der Waals surface area contributed by atoms with Crippen LogP contribution in [0, 0.1) is 0 Å². The molecule has 60 valence electrons. The van der Waals surface area contributed by atoms with E-state index in [1.54, 1.807) is 0 Å². The molecule has 0 amide bonds. The lowest BCUT2D eigenvalue weighted by molar-refractivity contribution is -0.143. The van der Waals surface area contributed by atoms with Gasteiger partial charge in [0, 0.05) is 16.7 Å². The van der Waals surface area contributed by atoms with E-state index in [2.05, 4.69) is 6.92 Å². The number of ether oxygens (including phenoxy) is 1. The van der Waals surface area contributed by atoms with Crippen LogP contribution < -0.4 is 0 Å². The molecule has 0 aliphatic carbocycles. The van der Waals surface area contributed by atoms with Gasteiger partial charge in [-0.05, 0) is 6.42 Å². The zero-order chi connectivity index (χ0) is 7.82. The SMILES string of the molecule is CCCCOC(=O)CC[SiH3]. The molecule has 10 heavy (non-hydrogen) atoms. The third-order valence-corrected chi connectivity index (χ3v) is 1.72. The number of rotatable bonds is 5. The predicted molar refractivity (Wildman–Crippen MR) is 45.2 cm³/mol. The normalized spacial score (nSPS) is 9.70. The van der Waals surface area contributed by atoms with Gasteiger partial charge in [-0.25, -0.2) is 0 Å². The molecule has 0 aliphatic heterocycles. The van der Waals surface area contributed by atoms with Crippen molar-refractivity contribution in [3.63, 3.8) is 0 Å². The molecule has 0 atom stereocenters. The van der Waals surface area contributed by atoms with Gasteiger partial charge in [-0.15, -0.1) is 0 Å². The van der Waals surface area contributed by atoms with Crippen molar-refractivity contribution in [2.45, 2.75) is 32.2 Å². The van der Waals surface area contributed by atoms with Gasteiger partial charge in [-0.2, -0.15) is 0 Å². The van der Waals surface area contributed by atoms with Gasteiger partial charge >= 0.3 is 5.97 Å². The van der Waals surface area contributed by atoms with Crippen LogP contribution >= 0.6 is 0 Å². The molecule has 0 heterocycles. The van der Waals surface area contributed by atoms with Crippen molar-refractivity contribution in [1.82, 2.24) is 0 Å². The van der Waals surface area contributed by atoms with Crippen LogP contribution in [0.4, 0.5) is 0 Å². The van der Waals surface area contributed by atoms with Gasteiger partial charge in [-0.1, -0.05) is 19.4 Å². The highest BCUT2D eigenvalue weighted by Gasteiger charge is 1.97. The Morgan fingerprint density at radius 3 is 2.80 bits per heavy atom. The molecule has 3 heteroatoms. The summed E-state index contributed by atoms with van der Waals surface area (Å²) in [5.74, 6) is -0.0246. The van der Waals surface area contributed by atoms with Crippen LogP contribution in [0.5, 0.6) is 0 Å². The van der Waals surface area contributed by atoms with Crippen molar-refractivity contribution < 1.29 is 9.53 Å². The van der Waals surface area contributed by atoms with Crippen molar-refractivity contribution in [3.8, 4) is 0 Å². The maximum absolute atomic E-state index is 10.7. The Morgan fingerprint density at radius 1 is 1.60 bits per heavy atom. The van der Waals surface area contributed by atoms with E-state index in [1.165, 1.54) is 0 Å². The maximum Gasteiger partial charge on any atom is 0.305 e. The topological polar surface area (TPSA) is 26.3 Å². The zero-order valence-corrected chi connectivity index (χ0v) is 8.85. The summed E-state index contributed by atoms with van der Waals surface area (Å²) in [6, 6.07) is 1.02. The molecule has 0 aromatic carbocycles. The molecule has 0 radical (unpaired) electrons. The number of carbonyl (C=O) groups excluding carboxylic acids is 1. The lowest BCUT2D eigenvalue weighted by Crippen LogP contribution is -2.04. The molecule has 0 bridgehead atoms. The summed E-state index contributed by atoms with van der Waals surface area (Å²) >= 11 is 0. The Hall–Kier alpha value is -0.313. The van der Waals surface area contributed by atoms with Crippen molar-refractivity contribution >= 4 is 16.2 Å². The van der Waals surface area contributed by atoms with Gasteiger partial charge in [0.15, 0.2) is 0 Å². The van der Waals surface area contributed by atoms with Crippen LogP contribution in [0.2, 0.25) is 6.04 Å². The number of unbranched alkanes of at least 4 members (excludes halogenated alkanes) is 1. The lowest BCUT2D eigenvalue weighted by atomic mass is 10.4. The van der Waals surface area contributed by atoms with E-state index >= 15 is 0 Å². The minimum atomic E-state index is -0.0246. The summed E-state index contributed by atoms with van der Waals surface area (Å²) in [6.45, 7) is 2.69. The van der Waals surface area contributed by atoms with E-state index < -0.39 is 0 Å². The lowest BCUT2D eigenvalue weighted by Gasteiger charge is -2.00. The van der Waals surface area contributed by atoms with Crippen LogP contribution in [0.15, 0.2) is 0 Å². The Bertz CT molecular complexity index is 93.6. The highest BCUT2D eigenvalue weighted by molar-refractivity contribution is 6.09. The van der Waals surface area contributed by atoms with Gasteiger partial charge in [0.25, 0.3) is 0 Å². The van der Waals surface area contributed by atoms with E-state index in [4.69, 9.17) is 4.74 Å². The molecule has 2 nitrogen and oxygen atoms in total. The summed E-state index contributed by atoms with van der Waals surface area (Å²) in [5.41, 5.74) is 0. The first-order chi connectivity index (χ1) is 4.81. The number of hydrogen-bond donors (Lipinski definition) is 0. The first-order valence-corrected chi connectivity index (χ1v) is 5.38. The summed E-state index contributed by atoms with van der Waals surface area (Å²) in [5, 5.41) is 0. The second-order valence-corrected chi connectivity index (χ2v) is 3.32. The quantitative estimate of drug-likeness (QED) is 0.333. The fourth-order valence-electron chi connectivity index (χ4n) is 0.607. The van der Waals surface area contributed by atoms with E-state index in [1.807, 2.05) is 0 Å². The van der Waals surface area contributed by atoms with Crippen molar-refractivity contribution in [3.05, 3.63) is 0 Å². The van der Waals surface area contributed by atoms with Gasteiger partial charge in [0.1, 0.15) is 0 Å². The molecule has 0 aliphatic rings. The molecule has 0 aromatic rings. The summed E-state index contributed by atoms with van der Waals surface area (Å²) in [6.07, 6.45) is 2.71. The largest absolute Gasteiger partial charge is 0.466 e. The smallest absolute Gasteiger partial charge is 0.305 e. The maximum atomic E-state index is 10.7. The number of carbonyl (C=O) groups is 1. The summed E-state index contributed by atoms with van der Waals surface area (Å²) in [4.78, 5) is 10.7. The van der Waals surface area contributed by atoms with Crippen LogP contribution in [0.1, 0.15) is 26.2 Å². The van der Waals surface area contributed by atoms with E-state index in [0.717, 1.165) is 29.1 Å².